The third-order valence-corrected chi connectivity index (χ3v) is 6.37. The van der Waals surface area contributed by atoms with Crippen LogP contribution in [0.4, 0.5) is 0 Å². The van der Waals surface area contributed by atoms with Crippen LogP contribution in [0.2, 0.25) is 0 Å². The molecular weight excluding hydrogens is 392 g/mol. The van der Waals surface area contributed by atoms with Gasteiger partial charge in [0.1, 0.15) is 0 Å². The highest BCUT2D eigenvalue weighted by molar-refractivity contribution is 6.22. The van der Waals surface area contributed by atoms with Crippen LogP contribution in [0.25, 0.3) is 65.9 Å². The van der Waals surface area contributed by atoms with Crippen LogP contribution < -0.4 is 0 Å². The van der Waals surface area contributed by atoms with Crippen molar-refractivity contribution in [3.05, 3.63) is 97.6 Å². The van der Waals surface area contributed by atoms with Crippen molar-refractivity contribution in [1.29, 1.82) is 0 Å². The summed E-state index contributed by atoms with van der Waals surface area (Å²) in [5, 5.41) is 4.93. The summed E-state index contributed by atoms with van der Waals surface area (Å²) >= 11 is 0. The number of nitrogens with one attached hydrogen (secondary N) is 2. The van der Waals surface area contributed by atoms with E-state index in [1.165, 1.54) is 43.8 Å². The Kier molecular flexibility index (Phi) is 3.52. The summed E-state index contributed by atoms with van der Waals surface area (Å²) in [6.07, 6.45) is 7.33. The zero-order valence-electron chi connectivity index (χ0n) is 17.1. The first-order valence-electron chi connectivity index (χ1n) is 10.7. The number of rotatable bonds is 2. The van der Waals surface area contributed by atoms with E-state index >= 15 is 0 Å². The van der Waals surface area contributed by atoms with Gasteiger partial charge in [0.05, 0.1) is 11.0 Å². The van der Waals surface area contributed by atoms with E-state index in [-0.39, 0.29) is 0 Å². The van der Waals surface area contributed by atoms with Crippen molar-refractivity contribution < 1.29 is 0 Å². The fourth-order valence-electron chi connectivity index (χ4n) is 4.79. The molecule has 7 aromatic rings. The van der Waals surface area contributed by atoms with Gasteiger partial charge < -0.3 is 9.97 Å². The fourth-order valence-corrected chi connectivity index (χ4v) is 4.79. The topological polar surface area (TPSA) is 57.4 Å². The third kappa shape index (κ3) is 2.50. The van der Waals surface area contributed by atoms with Gasteiger partial charge >= 0.3 is 0 Å². The van der Waals surface area contributed by atoms with Crippen molar-refractivity contribution in [2.75, 3.05) is 0 Å². The molecule has 4 heteroatoms. The second-order valence-corrected chi connectivity index (χ2v) is 8.15. The number of hydrogen-bond acceptors (Lipinski definition) is 2. The quantitative estimate of drug-likeness (QED) is 0.320. The van der Waals surface area contributed by atoms with Gasteiger partial charge in [0.2, 0.25) is 0 Å². The van der Waals surface area contributed by atoms with E-state index in [0.717, 1.165) is 22.1 Å². The average molecular weight is 410 g/mol. The molecular formula is C28H18N4. The van der Waals surface area contributed by atoms with Crippen molar-refractivity contribution in [1.82, 2.24) is 19.9 Å². The zero-order chi connectivity index (χ0) is 21.1. The Bertz CT molecular complexity index is 1630. The summed E-state index contributed by atoms with van der Waals surface area (Å²) in [4.78, 5) is 15.6. The van der Waals surface area contributed by atoms with Gasteiger partial charge in [0, 0.05) is 57.4 Å². The minimum Gasteiger partial charge on any atom is -0.353 e. The third-order valence-electron chi connectivity index (χ3n) is 6.37. The summed E-state index contributed by atoms with van der Waals surface area (Å²) in [6.45, 7) is 0. The number of fused-ring (bicyclic) bond motifs is 7. The first kappa shape index (κ1) is 17.3. The molecule has 4 heterocycles. The van der Waals surface area contributed by atoms with Crippen molar-refractivity contribution >= 4 is 43.6 Å². The molecule has 0 radical (unpaired) electrons. The van der Waals surface area contributed by atoms with Gasteiger partial charge in [-0.15, -0.1) is 0 Å². The smallest absolute Gasteiger partial charge is 0.0710 e. The van der Waals surface area contributed by atoms with Crippen molar-refractivity contribution in [3.63, 3.8) is 0 Å². The molecule has 150 valence electrons. The van der Waals surface area contributed by atoms with Crippen LogP contribution in [0.3, 0.4) is 0 Å². The molecule has 0 atom stereocenters. The van der Waals surface area contributed by atoms with Crippen molar-refractivity contribution in [2.45, 2.75) is 0 Å². The standard InChI is InChI=1S/C28H18N4/c1-3-21-23-5-6-24-22-4-2-20(18-9-13-30-14-10-18)16-26(22)32-28(24)27(23)31-25(21)15-19(1)17-7-11-29-12-8-17/h1-16,31-32H. The van der Waals surface area contributed by atoms with Crippen LogP contribution in [0.1, 0.15) is 0 Å². The lowest BCUT2D eigenvalue weighted by Gasteiger charge is -2.01. The normalized spacial score (nSPS) is 11.8. The summed E-state index contributed by atoms with van der Waals surface area (Å²) in [7, 11) is 0. The first-order valence-corrected chi connectivity index (χ1v) is 10.7. The molecule has 0 spiro atoms. The van der Waals surface area contributed by atoms with E-state index in [0.29, 0.717) is 0 Å². The molecule has 2 N–H and O–H groups in total. The lowest BCUT2D eigenvalue weighted by molar-refractivity contribution is 1.33. The molecule has 0 aliphatic carbocycles. The lowest BCUT2D eigenvalue weighted by Crippen LogP contribution is -1.78. The Balaban J connectivity index is 1.46. The lowest BCUT2D eigenvalue weighted by atomic mass is 10.0. The van der Waals surface area contributed by atoms with Gasteiger partial charge in [-0.3, -0.25) is 9.97 Å². The second kappa shape index (κ2) is 6.53. The van der Waals surface area contributed by atoms with Crippen LogP contribution in [-0.2, 0) is 0 Å². The molecule has 0 unspecified atom stereocenters. The van der Waals surface area contributed by atoms with E-state index in [1.807, 2.05) is 49.1 Å². The molecule has 3 aromatic carbocycles. The Hall–Kier alpha value is -4.44. The van der Waals surface area contributed by atoms with E-state index in [4.69, 9.17) is 0 Å². The van der Waals surface area contributed by atoms with Gasteiger partial charge in [-0.25, -0.2) is 0 Å². The minimum absolute atomic E-state index is 1.14. The summed E-state index contributed by atoms with van der Waals surface area (Å²) in [5.74, 6) is 0. The summed E-state index contributed by atoms with van der Waals surface area (Å²) < 4.78 is 0. The minimum atomic E-state index is 1.14. The van der Waals surface area contributed by atoms with Crippen molar-refractivity contribution in [3.8, 4) is 22.3 Å². The van der Waals surface area contributed by atoms with E-state index in [2.05, 4.69) is 68.5 Å². The zero-order valence-corrected chi connectivity index (χ0v) is 17.1. The molecule has 4 nitrogen and oxygen atoms in total. The molecule has 0 saturated carbocycles. The highest BCUT2D eigenvalue weighted by atomic mass is 14.8. The molecule has 32 heavy (non-hydrogen) atoms. The molecule has 0 aliphatic heterocycles. The first-order chi connectivity index (χ1) is 15.8. The fraction of sp³-hybridized carbons (Fsp3) is 0. The number of pyridine rings is 2. The molecule has 0 saturated heterocycles. The number of hydrogen-bond donors (Lipinski definition) is 2. The Labute approximate surface area is 183 Å². The Morgan fingerprint density at radius 3 is 1.25 bits per heavy atom. The number of aromatic amines is 2. The van der Waals surface area contributed by atoms with Crippen LogP contribution in [0.5, 0.6) is 0 Å². The maximum atomic E-state index is 4.13. The van der Waals surface area contributed by atoms with Crippen LogP contribution >= 0.6 is 0 Å². The SMILES string of the molecule is c1cc(-c2ccc3c(c2)[nH]c2c3ccc3c4ccc(-c5ccncc5)cc4[nH]c32)ccn1. The van der Waals surface area contributed by atoms with E-state index in [1.54, 1.807) is 0 Å². The van der Waals surface area contributed by atoms with Gasteiger partial charge in [0.15, 0.2) is 0 Å². The summed E-state index contributed by atoms with van der Waals surface area (Å²) in [6, 6.07) is 25.9. The molecule has 0 fully saturated rings. The molecule has 0 aliphatic rings. The van der Waals surface area contributed by atoms with Crippen molar-refractivity contribution in [2.24, 2.45) is 0 Å². The van der Waals surface area contributed by atoms with Crippen LogP contribution in [-0.4, -0.2) is 19.9 Å². The maximum absolute atomic E-state index is 4.13. The Morgan fingerprint density at radius 1 is 0.406 bits per heavy atom. The van der Waals surface area contributed by atoms with E-state index < -0.39 is 0 Å². The Morgan fingerprint density at radius 2 is 0.812 bits per heavy atom. The molecule has 7 rings (SSSR count). The summed E-state index contributed by atoms with van der Waals surface area (Å²) in [5.41, 5.74) is 9.26. The predicted molar refractivity (Wildman–Crippen MR) is 132 cm³/mol. The van der Waals surface area contributed by atoms with Crippen LogP contribution in [0, 0.1) is 0 Å². The molecule has 0 bridgehead atoms. The molecule has 0 amide bonds. The van der Waals surface area contributed by atoms with E-state index in [9.17, 15) is 0 Å². The number of nitrogens with zero attached hydrogens (tertiary/aromatic N) is 2. The maximum Gasteiger partial charge on any atom is 0.0710 e. The second-order valence-electron chi connectivity index (χ2n) is 8.15. The highest BCUT2D eigenvalue weighted by Gasteiger charge is 2.13. The largest absolute Gasteiger partial charge is 0.353 e. The van der Waals surface area contributed by atoms with Gasteiger partial charge in [-0.1, -0.05) is 36.4 Å². The van der Waals surface area contributed by atoms with Gasteiger partial charge in [0.25, 0.3) is 0 Å². The van der Waals surface area contributed by atoms with Gasteiger partial charge in [-0.2, -0.15) is 0 Å². The molecule has 4 aromatic heterocycles. The number of aromatic nitrogens is 4. The number of benzene rings is 3. The highest BCUT2D eigenvalue weighted by Crippen LogP contribution is 2.37. The van der Waals surface area contributed by atoms with Crippen LogP contribution in [0.15, 0.2) is 97.6 Å². The predicted octanol–water partition coefficient (Wildman–Crippen LogP) is 7.08. The number of H-pyrrole nitrogens is 2. The average Bonchev–Trinajstić information content (AvgIpc) is 3.42. The van der Waals surface area contributed by atoms with Gasteiger partial charge in [-0.05, 0) is 58.7 Å². The monoisotopic (exact) mass is 410 g/mol.